The van der Waals surface area contributed by atoms with E-state index < -0.39 is 5.97 Å². The summed E-state index contributed by atoms with van der Waals surface area (Å²) in [5, 5.41) is 8.17. The van der Waals surface area contributed by atoms with Crippen LogP contribution < -0.4 is 0 Å². The molecule has 0 aliphatic carbocycles. The van der Waals surface area contributed by atoms with Crippen LogP contribution in [0, 0.1) is 0 Å². The van der Waals surface area contributed by atoms with Crippen molar-refractivity contribution >= 4 is 18.0 Å². The van der Waals surface area contributed by atoms with Gasteiger partial charge >= 0.3 is 5.97 Å². The van der Waals surface area contributed by atoms with E-state index in [0.717, 1.165) is 0 Å². The predicted octanol–water partition coefficient (Wildman–Crippen LogP) is 0.399. The Morgan fingerprint density at radius 3 is 2.27 bits per heavy atom. The molecule has 0 saturated carbocycles. The number of hydrogen-bond acceptors (Lipinski definition) is 3. The van der Waals surface area contributed by atoms with Crippen LogP contribution in [-0.4, -0.2) is 23.1 Å². The lowest BCUT2D eigenvalue weighted by atomic mass is 10.1. The van der Waals surface area contributed by atoms with Gasteiger partial charge in [-0.1, -0.05) is 0 Å². The standard InChI is InChI=1S/C7H10O4/c8-5-1-2-6(9)3-4-7(10)11/h5H,1-4H2,(H,10,11). The molecule has 62 valence electrons. The third kappa shape index (κ3) is 6.70. The largest absolute Gasteiger partial charge is 0.481 e. The average Bonchev–Trinajstić information content (AvgIpc) is 1.97. The number of aldehydes is 1. The molecule has 0 saturated heterocycles. The Labute approximate surface area is 64.2 Å². The summed E-state index contributed by atoms with van der Waals surface area (Å²) in [5.41, 5.74) is 0. The third-order valence-corrected chi connectivity index (χ3v) is 1.16. The number of hydrogen-bond donors (Lipinski definition) is 1. The molecule has 0 aromatic carbocycles. The second-order valence-corrected chi connectivity index (χ2v) is 2.14. The number of ketones is 1. The van der Waals surface area contributed by atoms with Gasteiger partial charge in [0.15, 0.2) is 0 Å². The Kier molecular flexibility index (Phi) is 4.98. The van der Waals surface area contributed by atoms with Crippen LogP contribution in [0.1, 0.15) is 25.7 Å². The minimum Gasteiger partial charge on any atom is -0.481 e. The monoisotopic (exact) mass is 158 g/mol. The summed E-state index contributed by atoms with van der Waals surface area (Å²) in [4.78, 5) is 30.4. The van der Waals surface area contributed by atoms with E-state index in [4.69, 9.17) is 5.11 Å². The lowest BCUT2D eigenvalue weighted by molar-refractivity contribution is -0.138. The molecule has 0 aliphatic heterocycles. The summed E-state index contributed by atoms with van der Waals surface area (Å²) < 4.78 is 0. The summed E-state index contributed by atoms with van der Waals surface area (Å²) in [6.45, 7) is 0. The van der Waals surface area contributed by atoms with Crippen LogP contribution in [-0.2, 0) is 14.4 Å². The van der Waals surface area contributed by atoms with E-state index in [1.807, 2.05) is 0 Å². The topological polar surface area (TPSA) is 71.4 Å². The SMILES string of the molecule is O=CCCC(=O)CCC(=O)O. The van der Waals surface area contributed by atoms with Crippen LogP contribution >= 0.6 is 0 Å². The molecule has 0 aromatic heterocycles. The zero-order valence-corrected chi connectivity index (χ0v) is 6.08. The van der Waals surface area contributed by atoms with Crippen LogP contribution in [0.25, 0.3) is 0 Å². The lowest BCUT2D eigenvalue weighted by Gasteiger charge is -1.92. The molecule has 0 radical (unpaired) electrons. The van der Waals surface area contributed by atoms with E-state index in [1.54, 1.807) is 0 Å². The number of carbonyl (C=O) groups excluding carboxylic acids is 2. The molecule has 0 amide bonds. The quantitative estimate of drug-likeness (QED) is 0.568. The first-order valence-electron chi connectivity index (χ1n) is 3.34. The first kappa shape index (κ1) is 9.81. The number of aliphatic carboxylic acids is 1. The Bertz CT molecular complexity index is 162. The van der Waals surface area contributed by atoms with Crippen LogP contribution in [0.2, 0.25) is 0 Å². The van der Waals surface area contributed by atoms with Crippen molar-refractivity contribution < 1.29 is 19.5 Å². The minimum atomic E-state index is -0.982. The van der Waals surface area contributed by atoms with Crippen molar-refractivity contribution in [3.63, 3.8) is 0 Å². The summed E-state index contributed by atoms with van der Waals surface area (Å²) in [6, 6.07) is 0. The highest BCUT2D eigenvalue weighted by Crippen LogP contribution is 1.96. The fraction of sp³-hybridized carbons (Fsp3) is 0.571. The molecular formula is C7H10O4. The van der Waals surface area contributed by atoms with Crippen molar-refractivity contribution in [3.8, 4) is 0 Å². The first-order chi connectivity index (χ1) is 5.16. The van der Waals surface area contributed by atoms with E-state index >= 15 is 0 Å². The molecule has 11 heavy (non-hydrogen) atoms. The van der Waals surface area contributed by atoms with Gasteiger partial charge < -0.3 is 9.90 Å². The minimum absolute atomic E-state index is 0.0309. The fourth-order valence-corrected chi connectivity index (χ4v) is 0.591. The van der Waals surface area contributed by atoms with Gasteiger partial charge in [0, 0.05) is 19.3 Å². The zero-order valence-electron chi connectivity index (χ0n) is 6.08. The van der Waals surface area contributed by atoms with Gasteiger partial charge in [-0.2, -0.15) is 0 Å². The van der Waals surface area contributed by atoms with Gasteiger partial charge in [0.2, 0.25) is 0 Å². The van der Waals surface area contributed by atoms with E-state index in [0.29, 0.717) is 6.29 Å². The van der Waals surface area contributed by atoms with Crippen LogP contribution in [0.5, 0.6) is 0 Å². The van der Waals surface area contributed by atoms with Gasteiger partial charge in [-0.3, -0.25) is 9.59 Å². The Morgan fingerprint density at radius 1 is 1.18 bits per heavy atom. The van der Waals surface area contributed by atoms with E-state index in [1.165, 1.54) is 0 Å². The molecule has 0 heterocycles. The summed E-state index contributed by atoms with van der Waals surface area (Å²) in [7, 11) is 0. The fourth-order valence-electron chi connectivity index (χ4n) is 0.591. The van der Waals surface area contributed by atoms with Crippen LogP contribution in [0.4, 0.5) is 0 Å². The van der Waals surface area contributed by atoms with Gasteiger partial charge in [0.05, 0.1) is 6.42 Å². The van der Waals surface area contributed by atoms with Crippen LogP contribution in [0.15, 0.2) is 0 Å². The molecule has 1 N–H and O–H groups in total. The maximum atomic E-state index is 10.7. The molecule has 0 aromatic rings. The first-order valence-corrected chi connectivity index (χ1v) is 3.34. The van der Waals surface area contributed by atoms with Crippen molar-refractivity contribution in [3.05, 3.63) is 0 Å². The highest BCUT2D eigenvalue weighted by atomic mass is 16.4. The maximum Gasteiger partial charge on any atom is 0.303 e. The highest BCUT2D eigenvalue weighted by molar-refractivity contribution is 5.83. The number of carbonyl (C=O) groups is 3. The van der Waals surface area contributed by atoms with Crippen molar-refractivity contribution in [1.82, 2.24) is 0 Å². The Balaban J connectivity index is 3.37. The zero-order chi connectivity index (χ0) is 8.69. The lowest BCUT2D eigenvalue weighted by Crippen LogP contribution is -2.02. The van der Waals surface area contributed by atoms with Gasteiger partial charge in [-0.15, -0.1) is 0 Å². The molecule has 0 spiro atoms. The molecule has 4 heteroatoms. The Hall–Kier alpha value is -1.19. The van der Waals surface area contributed by atoms with E-state index in [-0.39, 0.29) is 31.5 Å². The number of carboxylic acid groups (broad SMARTS) is 1. The van der Waals surface area contributed by atoms with Gasteiger partial charge in [-0.05, 0) is 0 Å². The second-order valence-electron chi connectivity index (χ2n) is 2.14. The molecule has 0 rings (SSSR count). The van der Waals surface area contributed by atoms with Gasteiger partial charge in [0.25, 0.3) is 0 Å². The van der Waals surface area contributed by atoms with E-state index in [2.05, 4.69) is 0 Å². The van der Waals surface area contributed by atoms with Crippen molar-refractivity contribution in [2.24, 2.45) is 0 Å². The van der Waals surface area contributed by atoms with Crippen molar-refractivity contribution in [1.29, 1.82) is 0 Å². The number of carboxylic acids is 1. The third-order valence-electron chi connectivity index (χ3n) is 1.16. The van der Waals surface area contributed by atoms with E-state index in [9.17, 15) is 14.4 Å². The number of Topliss-reactive ketones (excluding diaryl/α,β-unsaturated/α-hetero) is 1. The molecule has 0 unspecified atom stereocenters. The maximum absolute atomic E-state index is 10.7. The molecule has 0 bridgehead atoms. The molecular weight excluding hydrogens is 148 g/mol. The van der Waals surface area contributed by atoms with Crippen molar-refractivity contribution in [2.45, 2.75) is 25.7 Å². The molecule has 0 fully saturated rings. The Morgan fingerprint density at radius 2 is 1.82 bits per heavy atom. The van der Waals surface area contributed by atoms with Crippen molar-refractivity contribution in [2.75, 3.05) is 0 Å². The highest BCUT2D eigenvalue weighted by Gasteiger charge is 2.04. The van der Waals surface area contributed by atoms with Crippen LogP contribution in [0.3, 0.4) is 0 Å². The second kappa shape index (κ2) is 5.58. The average molecular weight is 158 g/mol. The molecule has 4 nitrogen and oxygen atoms in total. The summed E-state index contributed by atoms with van der Waals surface area (Å²) >= 11 is 0. The predicted molar refractivity (Wildman–Crippen MR) is 37.2 cm³/mol. The summed E-state index contributed by atoms with van der Waals surface area (Å²) in [5.74, 6) is -1.15. The summed E-state index contributed by atoms with van der Waals surface area (Å²) in [6.07, 6.45) is 0.898. The smallest absolute Gasteiger partial charge is 0.303 e. The normalized spacial score (nSPS) is 9.09. The molecule has 0 aliphatic rings. The van der Waals surface area contributed by atoms with Gasteiger partial charge in [-0.25, -0.2) is 0 Å². The van der Waals surface area contributed by atoms with Gasteiger partial charge in [0.1, 0.15) is 12.1 Å². The molecule has 0 atom stereocenters. The number of rotatable bonds is 6.